The highest BCUT2D eigenvalue weighted by atomic mass is 35.5. The third kappa shape index (κ3) is 3.52. The fourth-order valence-electron chi connectivity index (χ4n) is 3.53. The number of halogens is 1. The Morgan fingerprint density at radius 3 is 2.75 bits per heavy atom. The number of urea groups is 1. The molecule has 0 saturated carbocycles. The lowest BCUT2D eigenvalue weighted by Crippen LogP contribution is -2.55. The molecule has 0 aliphatic carbocycles. The third-order valence-corrected chi connectivity index (χ3v) is 5.41. The van der Waals surface area contributed by atoms with Crippen LogP contribution in [0.4, 0.5) is 10.5 Å². The highest BCUT2D eigenvalue weighted by Crippen LogP contribution is 2.27. The summed E-state index contributed by atoms with van der Waals surface area (Å²) in [5.74, 6) is 2.41. The minimum absolute atomic E-state index is 0.139. The molecule has 0 radical (unpaired) electrons. The lowest BCUT2D eigenvalue weighted by Gasteiger charge is -2.38. The van der Waals surface area contributed by atoms with E-state index in [9.17, 15) is 4.79 Å². The SMILES string of the molecule is COc1ccc(NC(=O)N2CCN(C3=NC=CN4C3=NCC4C)CC2)cc1Cl. The van der Waals surface area contributed by atoms with Crippen LogP contribution in [0, 0.1) is 0 Å². The van der Waals surface area contributed by atoms with Crippen LogP contribution in [0.15, 0.2) is 40.6 Å². The summed E-state index contributed by atoms with van der Waals surface area (Å²) in [4.78, 5) is 27.9. The lowest BCUT2D eigenvalue weighted by molar-refractivity contribution is 0.182. The predicted molar refractivity (Wildman–Crippen MR) is 110 cm³/mol. The standard InChI is InChI=1S/C19H23ClN6O2/c1-13-12-22-18-17(21-5-6-26(13)18)24-7-9-25(10-8-24)19(27)23-14-3-4-16(28-2)15(20)11-14/h3-6,11,13H,7-10,12H2,1-2H3,(H,23,27). The first-order valence-electron chi connectivity index (χ1n) is 9.29. The average Bonchev–Trinajstić information content (AvgIpc) is 3.09. The van der Waals surface area contributed by atoms with Gasteiger partial charge in [0.2, 0.25) is 0 Å². The second kappa shape index (κ2) is 7.71. The molecule has 0 spiro atoms. The number of carbonyl (C=O) groups excluding carboxylic acids is 1. The van der Waals surface area contributed by atoms with E-state index >= 15 is 0 Å². The molecule has 8 nitrogen and oxygen atoms in total. The second-order valence-corrected chi connectivity index (χ2v) is 7.33. The van der Waals surface area contributed by atoms with Crippen LogP contribution in [-0.2, 0) is 0 Å². The van der Waals surface area contributed by atoms with Crippen molar-refractivity contribution in [2.45, 2.75) is 13.0 Å². The van der Waals surface area contributed by atoms with E-state index in [0.29, 0.717) is 48.7 Å². The fourth-order valence-corrected chi connectivity index (χ4v) is 3.78. The maximum absolute atomic E-state index is 12.6. The van der Waals surface area contributed by atoms with Gasteiger partial charge in [0, 0.05) is 44.3 Å². The fraction of sp³-hybridized carbons (Fsp3) is 0.421. The Morgan fingerprint density at radius 2 is 2.04 bits per heavy atom. The second-order valence-electron chi connectivity index (χ2n) is 6.93. The number of fused-ring (bicyclic) bond motifs is 1. The van der Waals surface area contributed by atoms with Gasteiger partial charge in [-0.2, -0.15) is 0 Å². The van der Waals surface area contributed by atoms with E-state index < -0.39 is 0 Å². The first-order valence-corrected chi connectivity index (χ1v) is 9.66. The van der Waals surface area contributed by atoms with Crippen molar-refractivity contribution in [3.8, 4) is 5.75 Å². The van der Waals surface area contributed by atoms with Crippen LogP contribution in [-0.4, -0.2) is 78.3 Å². The number of nitrogens with zero attached hydrogens (tertiary/aromatic N) is 5. The van der Waals surface area contributed by atoms with Gasteiger partial charge in [0.05, 0.1) is 24.7 Å². The van der Waals surface area contributed by atoms with Crippen molar-refractivity contribution in [1.82, 2.24) is 14.7 Å². The molecule has 0 aromatic heterocycles. The van der Waals surface area contributed by atoms with E-state index in [-0.39, 0.29) is 6.03 Å². The zero-order chi connectivity index (χ0) is 19.7. The number of rotatable bonds is 2. The number of piperazine rings is 1. The van der Waals surface area contributed by atoms with Gasteiger partial charge < -0.3 is 24.8 Å². The Balaban J connectivity index is 1.35. The molecule has 1 atom stereocenters. The molecule has 3 aliphatic heterocycles. The average molecular weight is 403 g/mol. The molecular weight excluding hydrogens is 380 g/mol. The summed E-state index contributed by atoms with van der Waals surface area (Å²) in [5.41, 5.74) is 0.643. The van der Waals surface area contributed by atoms with Gasteiger partial charge in [-0.05, 0) is 25.1 Å². The summed E-state index contributed by atoms with van der Waals surface area (Å²) >= 11 is 6.13. The minimum Gasteiger partial charge on any atom is -0.495 e. The molecule has 148 valence electrons. The number of benzene rings is 1. The summed E-state index contributed by atoms with van der Waals surface area (Å²) < 4.78 is 5.14. The summed E-state index contributed by atoms with van der Waals surface area (Å²) in [6.45, 7) is 5.58. The van der Waals surface area contributed by atoms with Crippen molar-refractivity contribution >= 4 is 35.0 Å². The molecule has 3 aliphatic rings. The van der Waals surface area contributed by atoms with Gasteiger partial charge in [-0.3, -0.25) is 4.99 Å². The smallest absolute Gasteiger partial charge is 0.321 e. The summed E-state index contributed by atoms with van der Waals surface area (Å²) in [6.07, 6.45) is 3.80. The lowest BCUT2D eigenvalue weighted by atomic mass is 10.2. The molecule has 4 rings (SSSR count). The van der Waals surface area contributed by atoms with Crippen molar-refractivity contribution in [2.24, 2.45) is 9.98 Å². The molecule has 1 unspecified atom stereocenters. The zero-order valence-electron chi connectivity index (χ0n) is 15.9. The topological polar surface area (TPSA) is 72.8 Å². The first kappa shape index (κ1) is 18.6. The van der Waals surface area contributed by atoms with Crippen molar-refractivity contribution in [1.29, 1.82) is 0 Å². The van der Waals surface area contributed by atoms with Crippen molar-refractivity contribution < 1.29 is 9.53 Å². The van der Waals surface area contributed by atoms with Gasteiger partial charge in [-0.15, -0.1) is 0 Å². The molecular formula is C19H23ClN6O2. The van der Waals surface area contributed by atoms with Crippen LogP contribution in [0.25, 0.3) is 0 Å². The molecule has 9 heteroatoms. The largest absolute Gasteiger partial charge is 0.495 e. The summed E-state index contributed by atoms with van der Waals surface area (Å²) in [7, 11) is 1.56. The monoisotopic (exact) mass is 402 g/mol. The number of aliphatic imine (C=N–C) groups is 2. The number of hydrogen-bond donors (Lipinski definition) is 1. The van der Waals surface area contributed by atoms with Crippen LogP contribution in [0.1, 0.15) is 6.92 Å². The van der Waals surface area contributed by atoms with Gasteiger partial charge in [0.15, 0.2) is 11.7 Å². The predicted octanol–water partition coefficient (Wildman–Crippen LogP) is 2.48. The summed E-state index contributed by atoms with van der Waals surface area (Å²) in [5, 5.41) is 3.36. The number of amides is 2. The van der Waals surface area contributed by atoms with E-state index in [1.807, 2.05) is 12.4 Å². The van der Waals surface area contributed by atoms with Crippen LogP contribution >= 0.6 is 11.6 Å². The molecule has 0 bridgehead atoms. The first-order chi connectivity index (χ1) is 13.6. The number of amidine groups is 2. The van der Waals surface area contributed by atoms with Crippen LogP contribution in [0.3, 0.4) is 0 Å². The van der Waals surface area contributed by atoms with Crippen LogP contribution < -0.4 is 10.1 Å². The van der Waals surface area contributed by atoms with Crippen LogP contribution in [0.2, 0.25) is 5.02 Å². The number of nitrogens with one attached hydrogen (secondary N) is 1. The van der Waals surface area contributed by atoms with Gasteiger partial charge >= 0.3 is 6.03 Å². The molecule has 1 aromatic rings. The molecule has 1 fully saturated rings. The Labute approximate surface area is 169 Å². The van der Waals surface area contributed by atoms with Gasteiger partial charge in [0.25, 0.3) is 0 Å². The highest BCUT2D eigenvalue weighted by Gasteiger charge is 2.33. The van der Waals surface area contributed by atoms with Gasteiger partial charge in [-0.25, -0.2) is 9.79 Å². The van der Waals surface area contributed by atoms with Crippen molar-refractivity contribution in [3.05, 3.63) is 35.6 Å². The third-order valence-electron chi connectivity index (χ3n) is 5.12. The number of anilines is 1. The quantitative estimate of drug-likeness (QED) is 0.824. The van der Waals surface area contributed by atoms with E-state index in [4.69, 9.17) is 16.3 Å². The van der Waals surface area contributed by atoms with Crippen molar-refractivity contribution in [2.75, 3.05) is 45.2 Å². The number of carbonyl (C=O) groups is 1. The number of ether oxygens (including phenoxy) is 1. The van der Waals surface area contributed by atoms with E-state index in [0.717, 1.165) is 18.2 Å². The molecule has 2 amide bonds. The van der Waals surface area contributed by atoms with E-state index in [1.54, 1.807) is 30.2 Å². The molecule has 3 heterocycles. The Bertz CT molecular complexity index is 860. The molecule has 1 aromatic carbocycles. The zero-order valence-corrected chi connectivity index (χ0v) is 16.7. The Hall–Kier alpha value is -2.74. The van der Waals surface area contributed by atoms with Gasteiger partial charge in [0.1, 0.15) is 5.75 Å². The Morgan fingerprint density at radius 1 is 1.25 bits per heavy atom. The van der Waals surface area contributed by atoms with Crippen LogP contribution in [0.5, 0.6) is 5.75 Å². The molecule has 1 saturated heterocycles. The maximum atomic E-state index is 12.6. The number of methoxy groups -OCH3 is 1. The van der Waals surface area contributed by atoms with E-state index in [1.165, 1.54) is 0 Å². The maximum Gasteiger partial charge on any atom is 0.321 e. The minimum atomic E-state index is -0.139. The summed E-state index contributed by atoms with van der Waals surface area (Å²) in [6, 6.07) is 5.42. The highest BCUT2D eigenvalue weighted by molar-refractivity contribution is 6.41. The number of hydrogen-bond acceptors (Lipinski definition) is 6. The van der Waals surface area contributed by atoms with E-state index in [2.05, 4.69) is 32.0 Å². The Kier molecular flexibility index (Phi) is 5.13. The molecule has 1 N–H and O–H groups in total. The molecule has 28 heavy (non-hydrogen) atoms. The van der Waals surface area contributed by atoms with Gasteiger partial charge in [-0.1, -0.05) is 11.6 Å². The van der Waals surface area contributed by atoms with Crippen molar-refractivity contribution in [3.63, 3.8) is 0 Å². The normalized spacial score (nSPS) is 21.2.